The number of benzene rings is 1. The number of amides is 3. The second kappa shape index (κ2) is 8.90. The van der Waals surface area contributed by atoms with Crippen molar-refractivity contribution >= 4 is 17.7 Å². The van der Waals surface area contributed by atoms with Crippen molar-refractivity contribution in [1.29, 1.82) is 0 Å². The van der Waals surface area contributed by atoms with Crippen molar-refractivity contribution in [3.8, 4) is 5.75 Å². The van der Waals surface area contributed by atoms with Gasteiger partial charge in [0.15, 0.2) is 0 Å². The number of phenols is 1. The number of nitrogens with two attached hydrogens (primary N) is 1. The molecule has 1 aromatic rings. The number of hydrogen-bond donors (Lipinski definition) is 4. The molecule has 0 saturated heterocycles. The Balaban J connectivity index is 2.85. The fourth-order valence-corrected chi connectivity index (χ4v) is 2.31. The lowest BCUT2D eigenvalue weighted by Gasteiger charge is -2.22. The molecule has 3 amide bonds. The highest BCUT2D eigenvalue weighted by Gasteiger charge is 2.25. The van der Waals surface area contributed by atoms with Gasteiger partial charge < -0.3 is 21.5 Å². The first-order valence-corrected chi connectivity index (χ1v) is 7.83. The molecule has 0 aliphatic heterocycles. The number of nitrogens with one attached hydrogen (secondary N) is 2. The zero-order valence-electron chi connectivity index (χ0n) is 14.2. The monoisotopic (exact) mass is 335 g/mol. The van der Waals surface area contributed by atoms with E-state index in [9.17, 15) is 19.5 Å². The van der Waals surface area contributed by atoms with Crippen LogP contribution >= 0.6 is 0 Å². The lowest BCUT2D eigenvalue weighted by molar-refractivity contribution is -0.131. The van der Waals surface area contributed by atoms with Crippen molar-refractivity contribution < 1.29 is 19.5 Å². The molecular weight excluding hydrogens is 310 g/mol. The van der Waals surface area contributed by atoms with Crippen molar-refractivity contribution in [1.82, 2.24) is 10.6 Å². The molecule has 7 nitrogen and oxygen atoms in total. The van der Waals surface area contributed by atoms with Gasteiger partial charge in [-0.05, 0) is 30.0 Å². The Morgan fingerprint density at radius 1 is 1.08 bits per heavy atom. The molecule has 132 valence electrons. The number of carbonyl (C=O) groups is 3. The second-order valence-corrected chi connectivity index (χ2v) is 6.22. The minimum atomic E-state index is -0.832. The molecule has 0 spiro atoms. The Labute approximate surface area is 141 Å². The van der Waals surface area contributed by atoms with Crippen molar-refractivity contribution in [3.05, 3.63) is 29.8 Å². The van der Waals surface area contributed by atoms with Crippen molar-refractivity contribution in [3.63, 3.8) is 0 Å². The molecule has 5 N–H and O–H groups in total. The quantitative estimate of drug-likeness (QED) is 0.551. The number of hydrogen-bond acceptors (Lipinski definition) is 4. The summed E-state index contributed by atoms with van der Waals surface area (Å²) in [7, 11) is 0. The molecule has 1 aromatic carbocycles. The van der Waals surface area contributed by atoms with Crippen LogP contribution in [0.1, 0.15) is 32.8 Å². The summed E-state index contributed by atoms with van der Waals surface area (Å²) in [5, 5.41) is 14.5. The van der Waals surface area contributed by atoms with Crippen LogP contribution in [0.15, 0.2) is 24.3 Å². The van der Waals surface area contributed by atoms with Gasteiger partial charge in [-0.2, -0.15) is 0 Å². The van der Waals surface area contributed by atoms with Gasteiger partial charge in [0.05, 0.1) is 0 Å². The lowest BCUT2D eigenvalue weighted by Crippen LogP contribution is -2.53. The van der Waals surface area contributed by atoms with Crippen LogP contribution in [0.5, 0.6) is 5.75 Å². The van der Waals surface area contributed by atoms with Gasteiger partial charge >= 0.3 is 0 Å². The molecule has 7 heteroatoms. The van der Waals surface area contributed by atoms with E-state index in [0.717, 1.165) is 5.56 Å². The van der Waals surface area contributed by atoms with Gasteiger partial charge in [0.25, 0.3) is 0 Å². The molecule has 1 rings (SSSR count). The molecule has 0 heterocycles. The zero-order chi connectivity index (χ0) is 18.3. The van der Waals surface area contributed by atoms with E-state index < -0.39 is 23.9 Å². The summed E-state index contributed by atoms with van der Waals surface area (Å²) in [5.74, 6) is -1.14. The van der Waals surface area contributed by atoms with Crippen molar-refractivity contribution in [2.45, 2.75) is 45.7 Å². The maximum atomic E-state index is 12.5. The number of primary amides is 1. The first kappa shape index (κ1) is 19.5. The standard InChI is InChI=1S/C17H25N3O4/c1-10(2)8-14(16(18)23)20-17(24)15(19-11(3)21)9-12-4-6-13(22)7-5-12/h4-7,10,14-15,22H,8-9H2,1-3H3,(H2,18,23)(H,19,21)(H,20,24). The summed E-state index contributed by atoms with van der Waals surface area (Å²) in [5.41, 5.74) is 6.10. The molecular formula is C17H25N3O4. The van der Waals surface area contributed by atoms with Gasteiger partial charge in [-0.15, -0.1) is 0 Å². The van der Waals surface area contributed by atoms with Crippen LogP contribution in [-0.2, 0) is 20.8 Å². The molecule has 0 bridgehead atoms. The highest BCUT2D eigenvalue weighted by Crippen LogP contribution is 2.12. The normalized spacial score (nSPS) is 13.2. The van der Waals surface area contributed by atoms with E-state index in [4.69, 9.17) is 5.73 Å². The third-order valence-corrected chi connectivity index (χ3v) is 3.44. The molecule has 0 aromatic heterocycles. The number of phenolic OH excluding ortho intramolecular Hbond substituents is 1. The minimum Gasteiger partial charge on any atom is -0.508 e. The number of aromatic hydroxyl groups is 1. The zero-order valence-corrected chi connectivity index (χ0v) is 14.2. The highest BCUT2D eigenvalue weighted by atomic mass is 16.3. The first-order valence-electron chi connectivity index (χ1n) is 7.83. The largest absolute Gasteiger partial charge is 0.508 e. The van der Waals surface area contributed by atoms with Gasteiger partial charge in [-0.3, -0.25) is 14.4 Å². The van der Waals surface area contributed by atoms with Gasteiger partial charge in [-0.25, -0.2) is 0 Å². The van der Waals surface area contributed by atoms with E-state index in [1.807, 2.05) is 13.8 Å². The molecule has 2 atom stereocenters. The van der Waals surface area contributed by atoms with Crippen molar-refractivity contribution in [2.24, 2.45) is 11.7 Å². The summed E-state index contributed by atoms with van der Waals surface area (Å²) >= 11 is 0. The third kappa shape index (κ3) is 6.68. The van der Waals surface area contributed by atoms with Gasteiger partial charge in [-0.1, -0.05) is 26.0 Å². The summed E-state index contributed by atoms with van der Waals surface area (Å²) in [6.45, 7) is 5.16. The predicted octanol–water partition coefficient (Wildman–Crippen LogP) is 0.456. The molecule has 0 radical (unpaired) electrons. The van der Waals surface area contributed by atoms with Crippen LogP contribution in [0.2, 0.25) is 0 Å². The Bertz CT molecular complexity index is 584. The Morgan fingerprint density at radius 3 is 2.12 bits per heavy atom. The lowest BCUT2D eigenvalue weighted by atomic mass is 10.0. The molecule has 0 aliphatic carbocycles. The average molecular weight is 335 g/mol. The van der Waals surface area contributed by atoms with Crippen LogP contribution in [0.25, 0.3) is 0 Å². The molecule has 2 unspecified atom stereocenters. The molecule has 0 aliphatic rings. The SMILES string of the molecule is CC(=O)NC(Cc1ccc(O)cc1)C(=O)NC(CC(C)C)C(N)=O. The maximum absolute atomic E-state index is 12.5. The third-order valence-electron chi connectivity index (χ3n) is 3.44. The molecule has 24 heavy (non-hydrogen) atoms. The fourth-order valence-electron chi connectivity index (χ4n) is 2.31. The van der Waals surface area contributed by atoms with E-state index in [0.29, 0.717) is 6.42 Å². The number of carbonyl (C=O) groups excluding carboxylic acids is 3. The number of rotatable bonds is 8. The first-order chi connectivity index (χ1) is 11.2. The average Bonchev–Trinajstić information content (AvgIpc) is 2.47. The van der Waals surface area contributed by atoms with Crippen LogP contribution in [0.3, 0.4) is 0 Å². The predicted molar refractivity (Wildman–Crippen MR) is 90.0 cm³/mol. The molecule has 0 saturated carbocycles. The van der Waals surface area contributed by atoms with Gasteiger partial charge in [0, 0.05) is 13.3 Å². The fraction of sp³-hybridized carbons (Fsp3) is 0.471. The Hall–Kier alpha value is -2.57. The maximum Gasteiger partial charge on any atom is 0.243 e. The van der Waals surface area contributed by atoms with E-state index in [2.05, 4.69) is 10.6 Å². The Morgan fingerprint density at radius 2 is 1.67 bits per heavy atom. The summed E-state index contributed by atoms with van der Waals surface area (Å²) in [6, 6.07) is 4.72. The van der Waals surface area contributed by atoms with Crippen LogP contribution in [-0.4, -0.2) is 34.9 Å². The minimum absolute atomic E-state index is 0.116. The summed E-state index contributed by atoms with van der Waals surface area (Å²) in [4.78, 5) is 35.3. The van der Waals surface area contributed by atoms with Gasteiger partial charge in [0.1, 0.15) is 17.8 Å². The van der Waals surface area contributed by atoms with E-state index >= 15 is 0 Å². The van der Waals surface area contributed by atoms with E-state index in [1.165, 1.54) is 19.1 Å². The van der Waals surface area contributed by atoms with Gasteiger partial charge in [0.2, 0.25) is 17.7 Å². The summed E-state index contributed by atoms with van der Waals surface area (Å²) in [6.07, 6.45) is 0.659. The smallest absolute Gasteiger partial charge is 0.243 e. The van der Waals surface area contributed by atoms with E-state index in [-0.39, 0.29) is 24.0 Å². The van der Waals surface area contributed by atoms with Crippen molar-refractivity contribution in [2.75, 3.05) is 0 Å². The topological polar surface area (TPSA) is 122 Å². The Kier molecular flexibility index (Phi) is 7.23. The van der Waals surface area contributed by atoms with Crippen LogP contribution < -0.4 is 16.4 Å². The second-order valence-electron chi connectivity index (χ2n) is 6.22. The van der Waals surface area contributed by atoms with Crippen LogP contribution in [0, 0.1) is 5.92 Å². The van der Waals surface area contributed by atoms with Crippen LogP contribution in [0.4, 0.5) is 0 Å². The summed E-state index contributed by atoms with van der Waals surface area (Å²) < 4.78 is 0. The van der Waals surface area contributed by atoms with E-state index in [1.54, 1.807) is 12.1 Å². The highest BCUT2D eigenvalue weighted by molar-refractivity contribution is 5.91. The molecule has 0 fully saturated rings.